The number of hydrogen-bond donors (Lipinski definition) is 1. The monoisotopic (exact) mass is 336 g/mol. The van der Waals surface area contributed by atoms with Gasteiger partial charge < -0.3 is 15.1 Å². The minimum atomic E-state index is -0.0179. The molecule has 0 atom stereocenters. The minimum absolute atomic E-state index is 0.0179. The second-order valence-electron chi connectivity index (χ2n) is 6.99. The Kier molecular flexibility index (Phi) is 4.30. The van der Waals surface area contributed by atoms with Crippen molar-refractivity contribution in [2.45, 2.75) is 25.7 Å². The molecule has 1 aromatic heterocycles. The third kappa shape index (κ3) is 3.76. The number of amides is 2. The maximum absolute atomic E-state index is 12.5. The Hall–Kier alpha value is -2.56. The Morgan fingerprint density at radius 2 is 1.76 bits per heavy atom. The lowest BCUT2D eigenvalue weighted by Crippen LogP contribution is -2.50. The molecule has 4 rings (SSSR count). The number of carbonyl (C=O) groups is 1. The first kappa shape index (κ1) is 15.9. The largest absolute Gasteiger partial charge is 0.353 e. The van der Waals surface area contributed by atoms with Crippen LogP contribution in [0, 0.1) is 6.92 Å². The van der Waals surface area contributed by atoms with Gasteiger partial charge in [0.25, 0.3) is 0 Å². The van der Waals surface area contributed by atoms with Crippen molar-refractivity contribution in [2.24, 2.45) is 0 Å². The smallest absolute Gasteiger partial charge is 0.321 e. The number of hydrogen-bond acceptors (Lipinski definition) is 3. The predicted molar refractivity (Wildman–Crippen MR) is 100 cm³/mol. The molecular formula is C20H24N4O. The standard InChI is InChI=1S/C20H24N4O/c1-15-2-9-19(21-14-15)23-10-12-24(13-11-23)20(25)22-18-7-5-17(6-8-18)16-3-4-16/h2,5-9,14,16H,3-4,10-13H2,1H3,(H,22,25). The number of urea groups is 1. The average molecular weight is 336 g/mol. The highest BCUT2D eigenvalue weighted by Gasteiger charge is 2.24. The van der Waals surface area contributed by atoms with Crippen molar-refractivity contribution in [2.75, 3.05) is 36.4 Å². The fourth-order valence-corrected chi connectivity index (χ4v) is 3.24. The van der Waals surface area contributed by atoms with Gasteiger partial charge >= 0.3 is 6.03 Å². The van der Waals surface area contributed by atoms with Crippen LogP contribution >= 0.6 is 0 Å². The Bertz CT molecular complexity index is 729. The molecule has 0 unspecified atom stereocenters. The lowest BCUT2D eigenvalue weighted by atomic mass is 10.1. The maximum atomic E-state index is 12.5. The molecule has 130 valence electrons. The fraction of sp³-hybridized carbons (Fsp3) is 0.400. The summed E-state index contributed by atoms with van der Waals surface area (Å²) in [6.07, 6.45) is 4.48. The van der Waals surface area contributed by atoms with E-state index in [0.29, 0.717) is 13.1 Å². The van der Waals surface area contributed by atoms with Gasteiger partial charge in [0, 0.05) is 38.1 Å². The number of carbonyl (C=O) groups excluding carboxylic acids is 1. The van der Waals surface area contributed by atoms with Gasteiger partial charge in [-0.25, -0.2) is 9.78 Å². The van der Waals surface area contributed by atoms with Gasteiger partial charge in [-0.05, 0) is 55.0 Å². The van der Waals surface area contributed by atoms with Crippen LogP contribution in [0.4, 0.5) is 16.3 Å². The first-order chi connectivity index (χ1) is 12.2. The summed E-state index contributed by atoms with van der Waals surface area (Å²) in [5.41, 5.74) is 3.42. The molecule has 2 heterocycles. The summed E-state index contributed by atoms with van der Waals surface area (Å²) in [6.45, 7) is 5.08. The number of nitrogens with one attached hydrogen (secondary N) is 1. The molecule has 1 N–H and O–H groups in total. The van der Waals surface area contributed by atoms with Gasteiger partial charge in [0.05, 0.1) is 0 Å². The Morgan fingerprint density at radius 1 is 1.04 bits per heavy atom. The number of nitrogens with zero attached hydrogens (tertiary/aromatic N) is 3. The van der Waals surface area contributed by atoms with Crippen molar-refractivity contribution >= 4 is 17.5 Å². The zero-order chi connectivity index (χ0) is 17.2. The predicted octanol–water partition coefficient (Wildman–Crippen LogP) is 3.62. The molecule has 0 spiro atoms. The van der Waals surface area contributed by atoms with Crippen molar-refractivity contribution in [3.63, 3.8) is 0 Å². The maximum Gasteiger partial charge on any atom is 0.321 e. The third-order valence-corrected chi connectivity index (χ3v) is 5.00. The van der Waals surface area contributed by atoms with Gasteiger partial charge in [-0.2, -0.15) is 0 Å². The van der Waals surface area contributed by atoms with Gasteiger partial charge in [-0.1, -0.05) is 18.2 Å². The molecule has 2 aliphatic rings. The van der Waals surface area contributed by atoms with Crippen molar-refractivity contribution in [3.05, 3.63) is 53.7 Å². The zero-order valence-corrected chi connectivity index (χ0v) is 14.6. The van der Waals surface area contributed by atoms with Crippen molar-refractivity contribution in [3.8, 4) is 0 Å². The third-order valence-electron chi connectivity index (χ3n) is 5.00. The topological polar surface area (TPSA) is 48.5 Å². The van der Waals surface area contributed by atoms with E-state index in [1.165, 1.54) is 18.4 Å². The quantitative estimate of drug-likeness (QED) is 0.931. The summed E-state index contributed by atoms with van der Waals surface area (Å²) in [4.78, 5) is 21.0. The normalized spacial score (nSPS) is 17.5. The van der Waals surface area contributed by atoms with Crippen molar-refractivity contribution in [1.82, 2.24) is 9.88 Å². The van der Waals surface area contributed by atoms with E-state index >= 15 is 0 Å². The zero-order valence-electron chi connectivity index (χ0n) is 14.6. The number of rotatable bonds is 3. The number of piperazine rings is 1. The van der Waals surface area contributed by atoms with Crippen LogP contribution in [0.25, 0.3) is 0 Å². The van der Waals surface area contributed by atoms with Gasteiger partial charge in [-0.3, -0.25) is 0 Å². The molecule has 1 saturated carbocycles. The van der Waals surface area contributed by atoms with E-state index in [-0.39, 0.29) is 6.03 Å². The van der Waals surface area contributed by atoms with E-state index in [2.05, 4.69) is 33.4 Å². The summed E-state index contributed by atoms with van der Waals surface area (Å²) >= 11 is 0. The minimum Gasteiger partial charge on any atom is -0.353 e. The molecule has 25 heavy (non-hydrogen) atoms. The summed E-state index contributed by atoms with van der Waals surface area (Å²) in [6, 6.07) is 12.4. The second kappa shape index (κ2) is 6.75. The highest BCUT2D eigenvalue weighted by Crippen LogP contribution is 2.40. The molecule has 2 aromatic rings. The highest BCUT2D eigenvalue weighted by molar-refractivity contribution is 5.89. The van der Waals surface area contributed by atoms with E-state index in [1.54, 1.807) is 0 Å². The van der Waals surface area contributed by atoms with E-state index in [9.17, 15) is 4.79 Å². The molecular weight excluding hydrogens is 312 g/mol. The Morgan fingerprint density at radius 3 is 2.36 bits per heavy atom. The lowest BCUT2D eigenvalue weighted by molar-refractivity contribution is 0.208. The Balaban J connectivity index is 1.30. The average Bonchev–Trinajstić information content (AvgIpc) is 3.48. The van der Waals surface area contributed by atoms with E-state index < -0.39 is 0 Å². The van der Waals surface area contributed by atoms with E-state index in [4.69, 9.17) is 0 Å². The van der Waals surface area contributed by atoms with Crippen molar-refractivity contribution < 1.29 is 4.79 Å². The SMILES string of the molecule is Cc1ccc(N2CCN(C(=O)Nc3ccc(C4CC4)cc3)CC2)nc1. The van der Waals surface area contributed by atoms with Crippen LogP contribution in [-0.4, -0.2) is 42.1 Å². The lowest BCUT2D eigenvalue weighted by Gasteiger charge is -2.35. The molecule has 1 aliphatic carbocycles. The van der Waals surface area contributed by atoms with Crippen LogP contribution in [-0.2, 0) is 0 Å². The molecule has 1 aliphatic heterocycles. The van der Waals surface area contributed by atoms with Crippen LogP contribution in [0.3, 0.4) is 0 Å². The summed E-state index contributed by atoms with van der Waals surface area (Å²) < 4.78 is 0. The van der Waals surface area contributed by atoms with Gasteiger partial charge in [0.15, 0.2) is 0 Å². The van der Waals surface area contributed by atoms with Crippen LogP contribution < -0.4 is 10.2 Å². The van der Waals surface area contributed by atoms with E-state index in [0.717, 1.165) is 36.1 Å². The van der Waals surface area contributed by atoms with Crippen LogP contribution in [0.2, 0.25) is 0 Å². The summed E-state index contributed by atoms with van der Waals surface area (Å²) in [5, 5.41) is 3.01. The van der Waals surface area contributed by atoms with Gasteiger partial charge in [-0.15, -0.1) is 0 Å². The van der Waals surface area contributed by atoms with Crippen molar-refractivity contribution in [1.29, 1.82) is 0 Å². The molecule has 0 radical (unpaired) electrons. The molecule has 2 fully saturated rings. The van der Waals surface area contributed by atoms with E-state index in [1.807, 2.05) is 36.2 Å². The first-order valence-electron chi connectivity index (χ1n) is 9.02. The Labute approximate surface area is 148 Å². The molecule has 5 heteroatoms. The molecule has 1 saturated heterocycles. The number of benzene rings is 1. The molecule has 5 nitrogen and oxygen atoms in total. The van der Waals surface area contributed by atoms with Crippen LogP contribution in [0.5, 0.6) is 0 Å². The molecule has 0 bridgehead atoms. The second-order valence-corrected chi connectivity index (χ2v) is 6.99. The fourth-order valence-electron chi connectivity index (χ4n) is 3.24. The van der Waals surface area contributed by atoms with Crippen LogP contribution in [0.1, 0.15) is 29.9 Å². The van der Waals surface area contributed by atoms with Gasteiger partial charge in [0.1, 0.15) is 5.82 Å². The number of pyridine rings is 1. The first-order valence-corrected chi connectivity index (χ1v) is 9.02. The summed E-state index contributed by atoms with van der Waals surface area (Å²) in [7, 11) is 0. The number of aryl methyl sites for hydroxylation is 1. The highest BCUT2D eigenvalue weighted by atomic mass is 16.2. The number of anilines is 2. The number of aromatic nitrogens is 1. The van der Waals surface area contributed by atoms with Gasteiger partial charge in [0.2, 0.25) is 0 Å². The van der Waals surface area contributed by atoms with Crippen LogP contribution in [0.15, 0.2) is 42.6 Å². The summed E-state index contributed by atoms with van der Waals surface area (Å²) in [5.74, 6) is 1.73. The molecule has 1 aromatic carbocycles. The molecule has 2 amide bonds.